The molecule has 0 aliphatic heterocycles. The molecule has 0 saturated heterocycles. The van der Waals surface area contributed by atoms with E-state index in [0.29, 0.717) is 11.4 Å². The maximum Gasteiger partial charge on any atom is 0.230 e. The van der Waals surface area contributed by atoms with Crippen molar-refractivity contribution in [1.29, 1.82) is 0 Å². The molecule has 0 atom stereocenters. The lowest BCUT2D eigenvalue weighted by Gasteiger charge is -2.28. The second-order valence-electron chi connectivity index (χ2n) is 4.97. The number of nitrogens with zero attached hydrogens (tertiary/aromatic N) is 1. The molecule has 0 bridgehead atoms. The van der Waals surface area contributed by atoms with Crippen LogP contribution in [0.4, 0.5) is 11.4 Å². The highest BCUT2D eigenvalue weighted by atomic mass is 16.5. The highest BCUT2D eigenvalue weighted by molar-refractivity contribution is 5.96. The van der Waals surface area contributed by atoms with E-state index in [1.165, 1.54) is 4.90 Å². The van der Waals surface area contributed by atoms with Crippen molar-refractivity contribution in [2.24, 2.45) is 0 Å². The minimum Gasteiger partial charge on any atom is -0.397 e. The smallest absolute Gasteiger partial charge is 0.230 e. The molecule has 1 amide bonds. The number of nitrogen functional groups attached to an aromatic ring is 1. The molecule has 106 valence electrons. The first-order valence-corrected chi connectivity index (χ1v) is 6.22. The van der Waals surface area contributed by atoms with Crippen LogP contribution in [0.5, 0.6) is 0 Å². The van der Waals surface area contributed by atoms with Crippen LogP contribution in [-0.4, -0.2) is 36.9 Å². The van der Waals surface area contributed by atoms with E-state index in [1.807, 2.05) is 19.9 Å². The predicted molar refractivity (Wildman–Crippen MR) is 76.0 cm³/mol. The van der Waals surface area contributed by atoms with Crippen LogP contribution in [0.25, 0.3) is 0 Å². The van der Waals surface area contributed by atoms with Gasteiger partial charge in [-0.1, -0.05) is 12.1 Å². The summed E-state index contributed by atoms with van der Waals surface area (Å²) in [4.78, 5) is 13.8. The standard InChI is InChI=1S/C14H22N2O3/c1-14(2,19-3)10-13(18)16(8-9-17)12-7-5-4-6-11(12)15/h4-7,17H,8-10,15H2,1-3H3. The Labute approximate surface area is 114 Å². The number of amides is 1. The molecule has 1 aromatic rings. The summed E-state index contributed by atoms with van der Waals surface area (Å²) in [5.74, 6) is -0.126. The second kappa shape index (κ2) is 6.54. The van der Waals surface area contributed by atoms with Crippen LogP contribution < -0.4 is 10.6 Å². The molecule has 5 nitrogen and oxygen atoms in total. The van der Waals surface area contributed by atoms with Crippen molar-refractivity contribution in [2.45, 2.75) is 25.9 Å². The van der Waals surface area contributed by atoms with E-state index < -0.39 is 5.60 Å². The molecule has 0 aromatic heterocycles. The monoisotopic (exact) mass is 266 g/mol. The molecule has 5 heteroatoms. The number of nitrogens with two attached hydrogens (primary N) is 1. The van der Waals surface area contributed by atoms with E-state index >= 15 is 0 Å². The summed E-state index contributed by atoms with van der Waals surface area (Å²) >= 11 is 0. The molecule has 0 aliphatic rings. The molecular formula is C14H22N2O3. The Kier molecular flexibility index (Phi) is 5.32. The molecule has 0 aliphatic carbocycles. The summed E-state index contributed by atoms with van der Waals surface area (Å²) in [6, 6.07) is 7.11. The second-order valence-corrected chi connectivity index (χ2v) is 4.97. The average molecular weight is 266 g/mol. The van der Waals surface area contributed by atoms with E-state index in [0.717, 1.165) is 0 Å². The third-order valence-corrected chi connectivity index (χ3v) is 2.98. The molecule has 19 heavy (non-hydrogen) atoms. The number of aliphatic hydroxyl groups excluding tert-OH is 1. The van der Waals surface area contributed by atoms with Crippen molar-refractivity contribution in [3.63, 3.8) is 0 Å². The molecule has 0 fully saturated rings. The zero-order valence-corrected chi connectivity index (χ0v) is 11.7. The number of ether oxygens (including phenoxy) is 1. The minimum atomic E-state index is -0.547. The zero-order valence-electron chi connectivity index (χ0n) is 11.7. The van der Waals surface area contributed by atoms with Crippen LogP contribution in [-0.2, 0) is 9.53 Å². The Balaban J connectivity index is 2.95. The third-order valence-electron chi connectivity index (χ3n) is 2.98. The number of carbonyl (C=O) groups excluding carboxylic acids is 1. The molecular weight excluding hydrogens is 244 g/mol. The number of hydrogen-bond acceptors (Lipinski definition) is 4. The first-order valence-electron chi connectivity index (χ1n) is 6.22. The lowest BCUT2D eigenvalue weighted by Crippen LogP contribution is -2.39. The number of benzene rings is 1. The van der Waals surface area contributed by atoms with Gasteiger partial charge in [0.1, 0.15) is 0 Å². The van der Waals surface area contributed by atoms with E-state index in [1.54, 1.807) is 25.3 Å². The van der Waals surface area contributed by atoms with Gasteiger partial charge in [-0.05, 0) is 26.0 Å². The highest BCUT2D eigenvalue weighted by Gasteiger charge is 2.26. The van der Waals surface area contributed by atoms with E-state index in [9.17, 15) is 4.79 Å². The number of hydrogen-bond donors (Lipinski definition) is 2. The first-order chi connectivity index (χ1) is 8.91. The number of rotatable bonds is 6. The third kappa shape index (κ3) is 4.22. The van der Waals surface area contributed by atoms with Crippen LogP contribution in [0, 0.1) is 0 Å². The Morgan fingerprint density at radius 2 is 2.05 bits per heavy atom. The summed E-state index contributed by atoms with van der Waals surface area (Å²) < 4.78 is 5.26. The fourth-order valence-electron chi connectivity index (χ4n) is 1.74. The van der Waals surface area contributed by atoms with E-state index in [-0.39, 0.29) is 25.5 Å². The van der Waals surface area contributed by atoms with Crippen molar-refractivity contribution in [3.8, 4) is 0 Å². The van der Waals surface area contributed by atoms with Crippen LogP contribution in [0.3, 0.4) is 0 Å². The summed E-state index contributed by atoms with van der Waals surface area (Å²) in [5, 5.41) is 9.13. The van der Waals surface area contributed by atoms with Gasteiger partial charge in [-0.25, -0.2) is 0 Å². The fourth-order valence-corrected chi connectivity index (χ4v) is 1.74. The maximum absolute atomic E-state index is 12.3. The Hall–Kier alpha value is -1.59. The van der Waals surface area contributed by atoms with Gasteiger partial charge in [0.2, 0.25) is 5.91 Å². The normalized spacial score (nSPS) is 11.4. The Bertz CT molecular complexity index is 432. The predicted octanol–water partition coefficient (Wildman–Crippen LogP) is 1.41. The van der Waals surface area contributed by atoms with Gasteiger partial charge in [0.05, 0.1) is 30.0 Å². The number of anilines is 2. The van der Waals surface area contributed by atoms with Crippen LogP contribution in [0.2, 0.25) is 0 Å². The molecule has 0 heterocycles. The lowest BCUT2D eigenvalue weighted by molar-refractivity contribution is -0.123. The topological polar surface area (TPSA) is 75.8 Å². The van der Waals surface area contributed by atoms with E-state index in [2.05, 4.69) is 0 Å². The van der Waals surface area contributed by atoms with Gasteiger partial charge in [0.15, 0.2) is 0 Å². The summed E-state index contributed by atoms with van der Waals surface area (Å²) in [6.45, 7) is 3.78. The zero-order chi connectivity index (χ0) is 14.5. The summed E-state index contributed by atoms with van der Waals surface area (Å²) in [7, 11) is 1.57. The van der Waals surface area contributed by atoms with Crippen LogP contribution in [0.1, 0.15) is 20.3 Å². The summed E-state index contributed by atoms with van der Waals surface area (Å²) in [5.41, 5.74) is 6.46. The molecule has 1 rings (SSSR count). The van der Waals surface area contributed by atoms with Gasteiger partial charge in [-0.2, -0.15) is 0 Å². The SMILES string of the molecule is COC(C)(C)CC(=O)N(CCO)c1ccccc1N. The molecule has 3 N–H and O–H groups in total. The number of para-hydroxylation sites is 2. The molecule has 1 aromatic carbocycles. The van der Waals surface area contributed by atoms with E-state index in [4.69, 9.17) is 15.6 Å². The Morgan fingerprint density at radius 1 is 1.42 bits per heavy atom. The number of methoxy groups -OCH3 is 1. The van der Waals surface area contributed by atoms with Crippen molar-refractivity contribution >= 4 is 17.3 Å². The minimum absolute atomic E-state index is 0.118. The van der Waals surface area contributed by atoms with Gasteiger partial charge in [0.25, 0.3) is 0 Å². The van der Waals surface area contributed by atoms with Gasteiger partial charge in [-0.3, -0.25) is 4.79 Å². The fraction of sp³-hybridized carbons (Fsp3) is 0.500. The molecule has 0 spiro atoms. The number of aliphatic hydroxyl groups is 1. The quantitative estimate of drug-likeness (QED) is 0.763. The van der Waals surface area contributed by atoms with Crippen molar-refractivity contribution < 1.29 is 14.6 Å². The van der Waals surface area contributed by atoms with Crippen molar-refractivity contribution in [3.05, 3.63) is 24.3 Å². The number of carbonyl (C=O) groups is 1. The van der Waals surface area contributed by atoms with Crippen molar-refractivity contribution in [2.75, 3.05) is 30.9 Å². The van der Waals surface area contributed by atoms with Gasteiger partial charge >= 0.3 is 0 Å². The van der Waals surface area contributed by atoms with Gasteiger partial charge < -0.3 is 20.5 Å². The summed E-state index contributed by atoms with van der Waals surface area (Å²) in [6.07, 6.45) is 0.220. The molecule has 0 unspecified atom stereocenters. The largest absolute Gasteiger partial charge is 0.397 e. The Morgan fingerprint density at radius 3 is 2.58 bits per heavy atom. The van der Waals surface area contributed by atoms with Gasteiger partial charge in [0, 0.05) is 13.7 Å². The molecule has 0 radical (unpaired) electrons. The highest BCUT2D eigenvalue weighted by Crippen LogP contribution is 2.25. The lowest BCUT2D eigenvalue weighted by atomic mass is 10.0. The average Bonchev–Trinajstić information content (AvgIpc) is 2.36. The first kappa shape index (κ1) is 15.5. The maximum atomic E-state index is 12.3. The van der Waals surface area contributed by atoms with Crippen molar-refractivity contribution in [1.82, 2.24) is 0 Å². The van der Waals surface area contributed by atoms with Crippen LogP contribution in [0.15, 0.2) is 24.3 Å². The van der Waals surface area contributed by atoms with Crippen LogP contribution >= 0.6 is 0 Å². The molecule has 0 saturated carbocycles. The van der Waals surface area contributed by atoms with Gasteiger partial charge in [-0.15, -0.1) is 0 Å².